The van der Waals surface area contributed by atoms with Crippen LogP contribution < -0.4 is 5.73 Å². The van der Waals surface area contributed by atoms with Gasteiger partial charge < -0.3 is 5.73 Å². The van der Waals surface area contributed by atoms with Crippen molar-refractivity contribution in [2.24, 2.45) is 12.8 Å². The fraction of sp³-hybridized carbons (Fsp3) is 0.455. The number of aryl methyl sites for hydroxylation is 3. The first kappa shape index (κ1) is 12.1. The Hall–Kier alpha value is -1.33. The average molecular weight is 254 g/mol. The fourth-order valence-corrected chi connectivity index (χ4v) is 2.09. The summed E-state index contributed by atoms with van der Waals surface area (Å²) in [6.07, 6.45) is 1.96. The summed E-state index contributed by atoms with van der Waals surface area (Å²) in [5.74, 6) is 0. The molecule has 0 radical (unpaired) electrons. The molecule has 6 heteroatoms. The van der Waals surface area contributed by atoms with Gasteiger partial charge in [-0.25, -0.2) is 0 Å². The molecule has 0 fully saturated rings. The zero-order valence-electron chi connectivity index (χ0n) is 10.2. The summed E-state index contributed by atoms with van der Waals surface area (Å²) < 4.78 is 3.53. The lowest BCUT2D eigenvalue weighted by atomic mass is 10.2. The van der Waals surface area contributed by atoms with Crippen molar-refractivity contribution in [1.82, 2.24) is 19.6 Å². The van der Waals surface area contributed by atoms with Gasteiger partial charge in [0.25, 0.3) is 0 Å². The molecule has 0 saturated heterocycles. The maximum atomic E-state index is 6.18. The van der Waals surface area contributed by atoms with Crippen LogP contribution in [0.15, 0.2) is 6.20 Å². The first-order chi connectivity index (χ1) is 8.02. The molecule has 0 bridgehead atoms. The molecular formula is C11H16ClN5. The van der Waals surface area contributed by atoms with E-state index >= 15 is 0 Å². The number of rotatable bonds is 3. The Kier molecular flexibility index (Phi) is 3.22. The summed E-state index contributed by atoms with van der Waals surface area (Å²) >= 11 is 6.18. The van der Waals surface area contributed by atoms with Gasteiger partial charge in [-0.2, -0.15) is 10.2 Å². The summed E-state index contributed by atoms with van der Waals surface area (Å²) in [6.45, 7) is 5.03. The molecule has 92 valence electrons. The first-order valence-electron chi connectivity index (χ1n) is 5.44. The molecule has 0 spiro atoms. The van der Waals surface area contributed by atoms with E-state index in [1.54, 1.807) is 4.68 Å². The highest BCUT2D eigenvalue weighted by molar-refractivity contribution is 6.30. The summed E-state index contributed by atoms with van der Waals surface area (Å²) in [6, 6.07) is 0. The second-order valence-corrected chi connectivity index (χ2v) is 4.48. The number of nitrogens with two attached hydrogens (primary N) is 1. The van der Waals surface area contributed by atoms with Crippen LogP contribution in [0.3, 0.4) is 0 Å². The zero-order chi connectivity index (χ0) is 12.6. The maximum Gasteiger partial charge on any atom is 0.132 e. The van der Waals surface area contributed by atoms with E-state index in [2.05, 4.69) is 10.2 Å². The largest absolute Gasteiger partial charge is 0.326 e. The van der Waals surface area contributed by atoms with E-state index in [1.165, 1.54) is 0 Å². The summed E-state index contributed by atoms with van der Waals surface area (Å²) in [5, 5.41) is 9.34. The number of nitrogens with zero attached hydrogens (tertiary/aromatic N) is 4. The van der Waals surface area contributed by atoms with Crippen LogP contribution in [0, 0.1) is 13.8 Å². The monoisotopic (exact) mass is 253 g/mol. The molecule has 0 amide bonds. The van der Waals surface area contributed by atoms with Gasteiger partial charge in [0.2, 0.25) is 0 Å². The minimum Gasteiger partial charge on any atom is -0.326 e. The fourth-order valence-electron chi connectivity index (χ4n) is 1.86. The lowest BCUT2D eigenvalue weighted by Crippen LogP contribution is -2.02. The van der Waals surface area contributed by atoms with Gasteiger partial charge in [0.15, 0.2) is 0 Å². The van der Waals surface area contributed by atoms with E-state index in [-0.39, 0.29) is 0 Å². The predicted molar refractivity (Wildman–Crippen MR) is 66.9 cm³/mol. The van der Waals surface area contributed by atoms with Crippen LogP contribution in [0.25, 0.3) is 0 Å². The van der Waals surface area contributed by atoms with E-state index in [9.17, 15) is 0 Å². The van der Waals surface area contributed by atoms with Crippen molar-refractivity contribution in [3.05, 3.63) is 33.9 Å². The molecule has 2 aromatic heterocycles. The SMILES string of the molecule is Cc1nn(Cc2c(C)nn(C)c2Cl)cc1CN. The third kappa shape index (κ3) is 2.21. The molecule has 0 aliphatic carbocycles. The highest BCUT2D eigenvalue weighted by Crippen LogP contribution is 2.20. The van der Waals surface area contributed by atoms with Gasteiger partial charge >= 0.3 is 0 Å². The Balaban J connectivity index is 2.31. The van der Waals surface area contributed by atoms with Crippen molar-refractivity contribution < 1.29 is 0 Å². The second kappa shape index (κ2) is 4.50. The highest BCUT2D eigenvalue weighted by Gasteiger charge is 2.12. The molecule has 2 N–H and O–H groups in total. The molecular weight excluding hydrogens is 238 g/mol. The molecule has 0 saturated carbocycles. The Morgan fingerprint density at radius 3 is 2.47 bits per heavy atom. The normalized spacial score (nSPS) is 11.1. The minimum atomic E-state index is 0.506. The van der Waals surface area contributed by atoms with Gasteiger partial charge in [-0.15, -0.1) is 0 Å². The Morgan fingerprint density at radius 1 is 1.29 bits per heavy atom. The van der Waals surface area contributed by atoms with Crippen LogP contribution in [0.2, 0.25) is 5.15 Å². The van der Waals surface area contributed by atoms with Crippen LogP contribution in [-0.2, 0) is 20.1 Å². The van der Waals surface area contributed by atoms with Gasteiger partial charge in [0, 0.05) is 30.9 Å². The van der Waals surface area contributed by atoms with E-state index in [0.29, 0.717) is 18.2 Å². The molecule has 2 heterocycles. The molecule has 2 aromatic rings. The third-order valence-electron chi connectivity index (χ3n) is 2.86. The van der Waals surface area contributed by atoms with E-state index < -0.39 is 0 Å². The average Bonchev–Trinajstić information content (AvgIpc) is 2.74. The number of halogens is 1. The molecule has 5 nitrogen and oxygen atoms in total. The van der Waals surface area contributed by atoms with Crippen LogP contribution in [0.5, 0.6) is 0 Å². The summed E-state index contributed by atoms with van der Waals surface area (Å²) in [5.41, 5.74) is 9.58. The topological polar surface area (TPSA) is 61.7 Å². The van der Waals surface area contributed by atoms with Crippen molar-refractivity contribution >= 4 is 11.6 Å². The first-order valence-corrected chi connectivity index (χ1v) is 5.81. The maximum absolute atomic E-state index is 6.18. The van der Waals surface area contributed by atoms with Crippen LogP contribution >= 0.6 is 11.6 Å². The highest BCUT2D eigenvalue weighted by atomic mass is 35.5. The lowest BCUT2D eigenvalue weighted by molar-refractivity contribution is 0.676. The smallest absolute Gasteiger partial charge is 0.132 e. The van der Waals surface area contributed by atoms with Crippen molar-refractivity contribution in [1.29, 1.82) is 0 Å². The van der Waals surface area contributed by atoms with Gasteiger partial charge in [-0.1, -0.05) is 11.6 Å². The molecule has 0 aliphatic heterocycles. The predicted octanol–water partition coefficient (Wildman–Crippen LogP) is 1.39. The van der Waals surface area contributed by atoms with E-state index in [0.717, 1.165) is 22.5 Å². The van der Waals surface area contributed by atoms with Gasteiger partial charge in [0.1, 0.15) is 5.15 Å². The Bertz CT molecular complexity index is 540. The lowest BCUT2D eigenvalue weighted by Gasteiger charge is -2.01. The molecule has 0 aliphatic rings. The zero-order valence-corrected chi connectivity index (χ0v) is 11.0. The summed E-state index contributed by atoms with van der Waals surface area (Å²) in [7, 11) is 1.83. The number of aromatic nitrogens is 4. The number of hydrogen-bond donors (Lipinski definition) is 1. The molecule has 0 aromatic carbocycles. The third-order valence-corrected chi connectivity index (χ3v) is 3.33. The van der Waals surface area contributed by atoms with Gasteiger partial charge in [-0.05, 0) is 13.8 Å². The van der Waals surface area contributed by atoms with Crippen molar-refractivity contribution in [3.63, 3.8) is 0 Å². The molecule has 2 rings (SSSR count). The second-order valence-electron chi connectivity index (χ2n) is 4.12. The molecule has 17 heavy (non-hydrogen) atoms. The Labute approximate surface area is 105 Å². The van der Waals surface area contributed by atoms with E-state index in [1.807, 2.05) is 31.8 Å². The molecule has 0 atom stereocenters. The van der Waals surface area contributed by atoms with Crippen LogP contribution in [-0.4, -0.2) is 19.6 Å². The van der Waals surface area contributed by atoms with Crippen molar-refractivity contribution in [2.75, 3.05) is 0 Å². The van der Waals surface area contributed by atoms with Gasteiger partial charge in [-0.3, -0.25) is 9.36 Å². The van der Waals surface area contributed by atoms with Crippen LogP contribution in [0.4, 0.5) is 0 Å². The van der Waals surface area contributed by atoms with E-state index in [4.69, 9.17) is 17.3 Å². The summed E-state index contributed by atoms with van der Waals surface area (Å²) in [4.78, 5) is 0. The van der Waals surface area contributed by atoms with Crippen molar-refractivity contribution in [3.8, 4) is 0 Å². The van der Waals surface area contributed by atoms with Crippen LogP contribution in [0.1, 0.15) is 22.5 Å². The Morgan fingerprint density at radius 2 is 2.00 bits per heavy atom. The molecule has 0 unspecified atom stereocenters. The number of hydrogen-bond acceptors (Lipinski definition) is 3. The minimum absolute atomic E-state index is 0.506. The standard InChI is InChI=1S/C11H16ClN5/c1-7-9(4-13)5-17(15-7)6-10-8(2)14-16(3)11(10)12/h5H,4,6,13H2,1-3H3. The quantitative estimate of drug-likeness (QED) is 0.899. The van der Waals surface area contributed by atoms with Gasteiger partial charge in [0.05, 0.1) is 17.9 Å². The van der Waals surface area contributed by atoms with Crippen molar-refractivity contribution in [2.45, 2.75) is 26.9 Å².